The normalized spacial score (nSPS) is 13.1. The lowest BCUT2D eigenvalue weighted by Gasteiger charge is -2.19. The van der Waals surface area contributed by atoms with Crippen molar-refractivity contribution in [1.29, 1.82) is 0 Å². The minimum Gasteiger partial charge on any atom is -0.377 e. The predicted octanol–water partition coefficient (Wildman–Crippen LogP) is 1.32. The quantitative estimate of drug-likeness (QED) is 0.567. The second kappa shape index (κ2) is 5.80. The SMILES string of the molecule is Cc1cnccc1C(COC(C)C)NN. The summed E-state index contributed by atoms with van der Waals surface area (Å²) >= 11 is 0. The van der Waals surface area contributed by atoms with E-state index in [2.05, 4.69) is 10.4 Å². The first-order valence-electron chi connectivity index (χ1n) is 5.13. The minimum atomic E-state index is 0.0235. The van der Waals surface area contributed by atoms with E-state index < -0.39 is 0 Å². The Balaban J connectivity index is 2.70. The summed E-state index contributed by atoms with van der Waals surface area (Å²) in [7, 11) is 0. The van der Waals surface area contributed by atoms with Gasteiger partial charge >= 0.3 is 0 Å². The molecular formula is C11H19N3O. The molecule has 3 N–H and O–H groups in total. The van der Waals surface area contributed by atoms with E-state index in [1.54, 1.807) is 6.20 Å². The van der Waals surface area contributed by atoms with E-state index in [4.69, 9.17) is 10.6 Å². The highest BCUT2D eigenvalue weighted by Crippen LogP contribution is 2.16. The number of rotatable bonds is 5. The Labute approximate surface area is 90.8 Å². The Morgan fingerprint density at radius 1 is 1.53 bits per heavy atom. The van der Waals surface area contributed by atoms with Gasteiger partial charge in [0.2, 0.25) is 0 Å². The number of nitrogens with two attached hydrogens (primary N) is 1. The molecule has 1 atom stereocenters. The van der Waals surface area contributed by atoms with E-state index in [0.717, 1.165) is 11.1 Å². The molecule has 0 radical (unpaired) electrons. The fraction of sp³-hybridized carbons (Fsp3) is 0.545. The molecule has 0 fully saturated rings. The number of pyridine rings is 1. The van der Waals surface area contributed by atoms with Crippen molar-refractivity contribution >= 4 is 0 Å². The van der Waals surface area contributed by atoms with Gasteiger partial charge in [-0.15, -0.1) is 0 Å². The highest BCUT2D eigenvalue weighted by Gasteiger charge is 2.12. The number of hydrogen-bond donors (Lipinski definition) is 2. The van der Waals surface area contributed by atoms with E-state index in [1.807, 2.05) is 33.0 Å². The van der Waals surface area contributed by atoms with Crippen LogP contribution in [0.25, 0.3) is 0 Å². The summed E-state index contributed by atoms with van der Waals surface area (Å²) in [5.41, 5.74) is 5.01. The zero-order valence-corrected chi connectivity index (χ0v) is 9.53. The van der Waals surface area contributed by atoms with Crippen molar-refractivity contribution in [3.05, 3.63) is 29.6 Å². The molecule has 15 heavy (non-hydrogen) atoms. The van der Waals surface area contributed by atoms with Gasteiger partial charge in [-0.05, 0) is 38.0 Å². The van der Waals surface area contributed by atoms with Crippen LogP contribution in [0.3, 0.4) is 0 Å². The van der Waals surface area contributed by atoms with Gasteiger partial charge in [0.15, 0.2) is 0 Å². The molecule has 1 aromatic rings. The van der Waals surface area contributed by atoms with Crippen molar-refractivity contribution in [3.63, 3.8) is 0 Å². The van der Waals surface area contributed by atoms with Crippen molar-refractivity contribution in [3.8, 4) is 0 Å². The van der Waals surface area contributed by atoms with Gasteiger partial charge in [0.25, 0.3) is 0 Å². The summed E-state index contributed by atoms with van der Waals surface area (Å²) in [4.78, 5) is 4.05. The van der Waals surface area contributed by atoms with Gasteiger partial charge in [-0.2, -0.15) is 0 Å². The van der Waals surface area contributed by atoms with Crippen LogP contribution >= 0.6 is 0 Å². The molecule has 1 heterocycles. The van der Waals surface area contributed by atoms with E-state index in [-0.39, 0.29) is 12.1 Å². The average molecular weight is 209 g/mol. The second-order valence-electron chi connectivity index (χ2n) is 3.83. The molecule has 1 rings (SSSR count). The average Bonchev–Trinajstić information content (AvgIpc) is 2.21. The fourth-order valence-corrected chi connectivity index (χ4v) is 1.39. The summed E-state index contributed by atoms with van der Waals surface area (Å²) in [6.07, 6.45) is 3.81. The number of aromatic nitrogens is 1. The Morgan fingerprint density at radius 2 is 2.27 bits per heavy atom. The number of ether oxygens (including phenoxy) is 1. The van der Waals surface area contributed by atoms with Crippen LogP contribution in [0.15, 0.2) is 18.5 Å². The maximum absolute atomic E-state index is 5.54. The van der Waals surface area contributed by atoms with Crippen LogP contribution in [0.5, 0.6) is 0 Å². The third-order valence-corrected chi connectivity index (χ3v) is 2.24. The lowest BCUT2D eigenvalue weighted by atomic mass is 10.1. The van der Waals surface area contributed by atoms with Crippen molar-refractivity contribution in [2.45, 2.75) is 32.9 Å². The van der Waals surface area contributed by atoms with Crippen LogP contribution < -0.4 is 11.3 Å². The molecule has 0 saturated carbocycles. The summed E-state index contributed by atoms with van der Waals surface area (Å²) in [6.45, 7) is 6.60. The molecule has 0 aliphatic heterocycles. The van der Waals surface area contributed by atoms with Gasteiger partial charge in [0.1, 0.15) is 0 Å². The van der Waals surface area contributed by atoms with E-state index >= 15 is 0 Å². The van der Waals surface area contributed by atoms with Crippen LogP contribution in [-0.4, -0.2) is 17.7 Å². The molecule has 1 unspecified atom stereocenters. The van der Waals surface area contributed by atoms with Crippen LogP contribution in [-0.2, 0) is 4.74 Å². The topological polar surface area (TPSA) is 60.2 Å². The standard InChI is InChI=1S/C11H19N3O/c1-8(2)15-7-11(14-12)10-4-5-13-6-9(10)3/h4-6,8,11,14H,7,12H2,1-3H3. The molecule has 0 bridgehead atoms. The Hall–Kier alpha value is -0.970. The highest BCUT2D eigenvalue weighted by molar-refractivity contribution is 5.25. The lowest BCUT2D eigenvalue weighted by molar-refractivity contribution is 0.0610. The van der Waals surface area contributed by atoms with E-state index in [0.29, 0.717) is 6.61 Å². The Bertz CT molecular complexity index is 302. The summed E-state index contributed by atoms with van der Waals surface area (Å²) < 4.78 is 5.54. The largest absolute Gasteiger partial charge is 0.377 e. The Morgan fingerprint density at radius 3 is 2.80 bits per heavy atom. The summed E-state index contributed by atoms with van der Waals surface area (Å²) in [5, 5.41) is 0. The molecule has 0 aliphatic rings. The molecule has 0 aromatic carbocycles. The number of aryl methyl sites for hydroxylation is 1. The Kier molecular flexibility index (Phi) is 4.68. The molecule has 84 valence electrons. The third-order valence-electron chi connectivity index (χ3n) is 2.24. The molecule has 4 heteroatoms. The first-order chi connectivity index (χ1) is 7.15. The molecule has 0 saturated heterocycles. The molecule has 0 aliphatic carbocycles. The fourth-order valence-electron chi connectivity index (χ4n) is 1.39. The first kappa shape index (κ1) is 12.1. The second-order valence-corrected chi connectivity index (χ2v) is 3.83. The monoisotopic (exact) mass is 209 g/mol. The molecule has 0 spiro atoms. The van der Waals surface area contributed by atoms with Gasteiger partial charge in [-0.3, -0.25) is 16.3 Å². The van der Waals surface area contributed by atoms with Gasteiger partial charge in [-0.1, -0.05) is 0 Å². The number of nitrogens with one attached hydrogen (secondary N) is 1. The van der Waals surface area contributed by atoms with Crippen molar-refractivity contribution in [1.82, 2.24) is 10.4 Å². The van der Waals surface area contributed by atoms with Crippen molar-refractivity contribution in [2.24, 2.45) is 5.84 Å². The number of nitrogens with zero attached hydrogens (tertiary/aromatic N) is 1. The minimum absolute atomic E-state index is 0.0235. The van der Waals surface area contributed by atoms with Crippen LogP contribution in [0.1, 0.15) is 31.0 Å². The third kappa shape index (κ3) is 3.58. The summed E-state index contributed by atoms with van der Waals surface area (Å²) in [6, 6.07) is 1.99. The smallest absolute Gasteiger partial charge is 0.0697 e. The van der Waals surface area contributed by atoms with Gasteiger partial charge in [0.05, 0.1) is 18.8 Å². The van der Waals surface area contributed by atoms with E-state index in [1.165, 1.54) is 0 Å². The van der Waals surface area contributed by atoms with Gasteiger partial charge < -0.3 is 4.74 Å². The van der Waals surface area contributed by atoms with Gasteiger partial charge in [0, 0.05) is 12.4 Å². The van der Waals surface area contributed by atoms with Crippen molar-refractivity contribution in [2.75, 3.05) is 6.61 Å². The van der Waals surface area contributed by atoms with Crippen LogP contribution in [0, 0.1) is 6.92 Å². The molecule has 4 nitrogen and oxygen atoms in total. The van der Waals surface area contributed by atoms with Gasteiger partial charge in [-0.25, -0.2) is 0 Å². The van der Waals surface area contributed by atoms with Crippen LogP contribution in [0.4, 0.5) is 0 Å². The maximum atomic E-state index is 5.54. The number of hydrazine groups is 1. The summed E-state index contributed by atoms with van der Waals surface area (Å²) in [5.74, 6) is 5.51. The van der Waals surface area contributed by atoms with Crippen LogP contribution in [0.2, 0.25) is 0 Å². The lowest BCUT2D eigenvalue weighted by Crippen LogP contribution is -2.32. The molecule has 0 amide bonds. The maximum Gasteiger partial charge on any atom is 0.0697 e. The molecule has 1 aromatic heterocycles. The zero-order chi connectivity index (χ0) is 11.3. The predicted molar refractivity (Wildman–Crippen MR) is 60.1 cm³/mol. The van der Waals surface area contributed by atoms with E-state index in [9.17, 15) is 0 Å². The zero-order valence-electron chi connectivity index (χ0n) is 9.53. The number of hydrogen-bond acceptors (Lipinski definition) is 4. The highest BCUT2D eigenvalue weighted by atomic mass is 16.5. The molecular weight excluding hydrogens is 190 g/mol. The first-order valence-corrected chi connectivity index (χ1v) is 5.13. The van der Waals surface area contributed by atoms with Crippen molar-refractivity contribution < 1.29 is 4.74 Å².